The Morgan fingerprint density at radius 1 is 1.62 bits per heavy atom. The zero-order valence-corrected chi connectivity index (χ0v) is 7.77. The van der Waals surface area contributed by atoms with Gasteiger partial charge in [-0.2, -0.15) is 0 Å². The van der Waals surface area contributed by atoms with Gasteiger partial charge < -0.3 is 9.30 Å². The van der Waals surface area contributed by atoms with Crippen LogP contribution in [0.1, 0.15) is 13.3 Å². The molecule has 4 heteroatoms. The van der Waals surface area contributed by atoms with Gasteiger partial charge in [0.2, 0.25) is 0 Å². The topological polar surface area (TPSA) is 44.1 Å². The molecule has 0 aliphatic rings. The van der Waals surface area contributed by atoms with Crippen LogP contribution in [0.2, 0.25) is 0 Å². The molecule has 0 saturated carbocycles. The summed E-state index contributed by atoms with van der Waals surface area (Å²) in [4.78, 5) is 14.9. The Bertz CT molecular complexity index is 296. The van der Waals surface area contributed by atoms with Gasteiger partial charge in [0.1, 0.15) is 0 Å². The van der Waals surface area contributed by atoms with Crippen LogP contribution < -0.4 is 5.56 Å². The fourth-order valence-electron chi connectivity index (χ4n) is 1.04. The molecule has 1 aromatic heterocycles. The molecule has 0 aliphatic heterocycles. The fraction of sp³-hybridized carbons (Fsp3) is 0.556. The first-order valence-electron chi connectivity index (χ1n) is 4.43. The second-order valence-corrected chi connectivity index (χ2v) is 2.66. The minimum atomic E-state index is -0.0565. The highest BCUT2D eigenvalue weighted by Crippen LogP contribution is 1.87. The lowest BCUT2D eigenvalue weighted by Gasteiger charge is -2.03. The molecule has 1 rings (SSSR count). The molecule has 0 unspecified atom stereocenters. The zero-order chi connectivity index (χ0) is 9.52. The Morgan fingerprint density at radius 3 is 3.15 bits per heavy atom. The number of aryl methyl sites for hydroxylation is 1. The van der Waals surface area contributed by atoms with E-state index in [9.17, 15) is 4.79 Å². The minimum absolute atomic E-state index is 0.0565. The number of hydrogen-bond acceptors (Lipinski definition) is 3. The molecule has 0 aromatic carbocycles. The molecule has 72 valence electrons. The van der Waals surface area contributed by atoms with Crippen molar-refractivity contribution in [2.75, 3.05) is 13.2 Å². The highest BCUT2D eigenvalue weighted by atomic mass is 16.5. The van der Waals surface area contributed by atoms with Crippen LogP contribution in [0.15, 0.2) is 23.4 Å². The number of rotatable bonds is 5. The van der Waals surface area contributed by atoms with E-state index in [2.05, 4.69) is 4.98 Å². The molecule has 13 heavy (non-hydrogen) atoms. The summed E-state index contributed by atoms with van der Waals surface area (Å²) in [5, 5.41) is 0. The molecule has 0 saturated heterocycles. The van der Waals surface area contributed by atoms with Crippen LogP contribution in [0, 0.1) is 0 Å². The second-order valence-electron chi connectivity index (χ2n) is 2.66. The van der Waals surface area contributed by atoms with Crippen molar-refractivity contribution in [3.63, 3.8) is 0 Å². The molecule has 0 amide bonds. The van der Waals surface area contributed by atoms with Crippen molar-refractivity contribution in [3.8, 4) is 0 Å². The highest BCUT2D eigenvalue weighted by Gasteiger charge is 1.93. The van der Waals surface area contributed by atoms with E-state index in [1.807, 2.05) is 6.92 Å². The van der Waals surface area contributed by atoms with Gasteiger partial charge >= 0.3 is 0 Å². The summed E-state index contributed by atoms with van der Waals surface area (Å²) in [5.41, 5.74) is -0.0565. The van der Waals surface area contributed by atoms with Gasteiger partial charge in [-0.3, -0.25) is 9.78 Å². The first kappa shape index (κ1) is 9.92. The third kappa shape index (κ3) is 3.38. The zero-order valence-electron chi connectivity index (χ0n) is 7.77. The summed E-state index contributed by atoms with van der Waals surface area (Å²) < 4.78 is 6.80. The third-order valence-electron chi connectivity index (χ3n) is 1.69. The molecular formula is C9H14N2O2. The fourth-order valence-corrected chi connectivity index (χ4v) is 1.04. The van der Waals surface area contributed by atoms with Crippen LogP contribution in [0.3, 0.4) is 0 Å². The summed E-state index contributed by atoms with van der Waals surface area (Å²) in [5.74, 6) is 0. The molecule has 0 spiro atoms. The molecular weight excluding hydrogens is 168 g/mol. The third-order valence-corrected chi connectivity index (χ3v) is 1.69. The Kier molecular flexibility index (Phi) is 4.18. The molecule has 1 aromatic rings. The van der Waals surface area contributed by atoms with Crippen molar-refractivity contribution in [1.82, 2.24) is 9.55 Å². The van der Waals surface area contributed by atoms with Crippen LogP contribution in [-0.2, 0) is 11.3 Å². The predicted molar refractivity (Wildman–Crippen MR) is 49.6 cm³/mol. The smallest absolute Gasteiger partial charge is 0.268 e. The first-order valence-corrected chi connectivity index (χ1v) is 4.43. The molecule has 1 heterocycles. The van der Waals surface area contributed by atoms with E-state index in [1.54, 1.807) is 17.0 Å². The van der Waals surface area contributed by atoms with Crippen molar-refractivity contribution in [2.45, 2.75) is 19.9 Å². The van der Waals surface area contributed by atoms with Gasteiger partial charge in [0, 0.05) is 32.2 Å². The van der Waals surface area contributed by atoms with Gasteiger partial charge in [0.05, 0.1) is 6.20 Å². The van der Waals surface area contributed by atoms with E-state index in [0.29, 0.717) is 13.2 Å². The average Bonchev–Trinajstić information content (AvgIpc) is 2.15. The van der Waals surface area contributed by atoms with Crippen molar-refractivity contribution >= 4 is 0 Å². The van der Waals surface area contributed by atoms with Gasteiger partial charge in [-0.05, 0) is 13.3 Å². The quantitative estimate of drug-likeness (QED) is 0.629. The minimum Gasteiger partial charge on any atom is -0.382 e. The maximum atomic E-state index is 11.1. The van der Waals surface area contributed by atoms with Gasteiger partial charge in [-0.15, -0.1) is 0 Å². The van der Waals surface area contributed by atoms with Crippen LogP contribution >= 0.6 is 0 Å². The van der Waals surface area contributed by atoms with Crippen LogP contribution in [0.4, 0.5) is 0 Å². The van der Waals surface area contributed by atoms with Crippen molar-refractivity contribution in [3.05, 3.63) is 28.9 Å². The maximum Gasteiger partial charge on any atom is 0.268 e. The number of hydrogen-bond donors (Lipinski definition) is 0. The average molecular weight is 182 g/mol. The molecule has 0 fully saturated rings. The Hall–Kier alpha value is -1.16. The van der Waals surface area contributed by atoms with Crippen LogP contribution in [-0.4, -0.2) is 22.8 Å². The Morgan fingerprint density at radius 2 is 2.46 bits per heavy atom. The van der Waals surface area contributed by atoms with Gasteiger partial charge in [0.25, 0.3) is 5.56 Å². The Balaban J connectivity index is 2.37. The summed E-state index contributed by atoms with van der Waals surface area (Å²) in [6, 6.07) is 0. The van der Waals surface area contributed by atoms with E-state index >= 15 is 0 Å². The number of nitrogens with zero attached hydrogens (tertiary/aromatic N) is 2. The van der Waals surface area contributed by atoms with E-state index in [-0.39, 0.29) is 5.56 Å². The SMILES string of the molecule is CCOCCCn1ccncc1=O. The number of aromatic nitrogens is 2. The molecule has 4 nitrogen and oxygen atoms in total. The molecule has 0 aliphatic carbocycles. The van der Waals surface area contributed by atoms with Gasteiger partial charge in [0.15, 0.2) is 0 Å². The van der Waals surface area contributed by atoms with Crippen molar-refractivity contribution in [1.29, 1.82) is 0 Å². The lowest BCUT2D eigenvalue weighted by molar-refractivity contribution is 0.141. The van der Waals surface area contributed by atoms with Gasteiger partial charge in [-0.1, -0.05) is 0 Å². The first-order chi connectivity index (χ1) is 6.34. The second kappa shape index (κ2) is 5.48. The largest absolute Gasteiger partial charge is 0.382 e. The summed E-state index contributed by atoms with van der Waals surface area (Å²) in [6.45, 7) is 4.08. The molecule has 0 N–H and O–H groups in total. The Labute approximate surface area is 77.2 Å². The summed E-state index contributed by atoms with van der Waals surface area (Å²) >= 11 is 0. The van der Waals surface area contributed by atoms with E-state index < -0.39 is 0 Å². The predicted octanol–water partition coefficient (Wildman–Crippen LogP) is 0.670. The molecule has 0 bridgehead atoms. The highest BCUT2D eigenvalue weighted by molar-refractivity contribution is 4.79. The summed E-state index contributed by atoms with van der Waals surface area (Å²) in [7, 11) is 0. The summed E-state index contributed by atoms with van der Waals surface area (Å²) in [6.07, 6.45) is 5.48. The van der Waals surface area contributed by atoms with E-state index in [4.69, 9.17) is 4.74 Å². The van der Waals surface area contributed by atoms with Crippen LogP contribution in [0.5, 0.6) is 0 Å². The van der Waals surface area contributed by atoms with E-state index in [0.717, 1.165) is 13.0 Å². The van der Waals surface area contributed by atoms with Crippen LogP contribution in [0.25, 0.3) is 0 Å². The standard InChI is InChI=1S/C9H14N2O2/c1-2-13-7-3-5-11-6-4-10-8-9(11)12/h4,6,8H,2-3,5,7H2,1H3. The number of ether oxygens (including phenoxy) is 1. The van der Waals surface area contributed by atoms with Gasteiger partial charge in [-0.25, -0.2) is 0 Å². The van der Waals surface area contributed by atoms with E-state index in [1.165, 1.54) is 6.20 Å². The normalized spacial score (nSPS) is 10.2. The lowest BCUT2D eigenvalue weighted by atomic mass is 10.4. The molecule has 0 atom stereocenters. The molecule has 0 radical (unpaired) electrons. The maximum absolute atomic E-state index is 11.1. The lowest BCUT2D eigenvalue weighted by Crippen LogP contribution is -2.19. The monoisotopic (exact) mass is 182 g/mol. The van der Waals surface area contributed by atoms with Crippen molar-refractivity contribution in [2.24, 2.45) is 0 Å². The van der Waals surface area contributed by atoms with Crippen molar-refractivity contribution < 1.29 is 4.74 Å².